The number of carbonyl (C=O) groups is 2. The molecule has 0 unspecified atom stereocenters. The Morgan fingerprint density at radius 1 is 0.429 bits per heavy atom. The molecule has 7 aromatic rings. The van der Waals surface area contributed by atoms with Gasteiger partial charge in [0.25, 0.3) is 0 Å². The molecule has 5 nitrogen and oxygen atoms in total. The van der Waals surface area contributed by atoms with Crippen LogP contribution in [0.2, 0.25) is 0 Å². The first-order valence-corrected chi connectivity index (χ1v) is 23.3. The Bertz CT molecular complexity index is 3130. The maximum Gasteiger partial charge on any atom is 0.416 e. The molecule has 0 aliphatic carbocycles. The molecule has 0 amide bonds. The van der Waals surface area contributed by atoms with Crippen molar-refractivity contribution in [2.24, 2.45) is 0 Å². The van der Waals surface area contributed by atoms with Crippen LogP contribution in [0.1, 0.15) is 82.0 Å². The molecule has 7 rings (SSSR count). The molecule has 1 aromatic heterocycles. The number of hydrogen-bond acceptors (Lipinski definition) is 4. The Balaban J connectivity index is 0.000000347. The summed E-state index contributed by atoms with van der Waals surface area (Å²) in [6, 6.07) is 4.15. The van der Waals surface area contributed by atoms with Crippen molar-refractivity contribution in [1.29, 1.82) is 0 Å². The van der Waals surface area contributed by atoms with Gasteiger partial charge in [-0.1, -0.05) is 96.6 Å². The normalized spacial score (nSPS) is 13.1. The highest BCUT2D eigenvalue weighted by Gasteiger charge is 2.47. The maximum atomic E-state index is 14.2. The van der Waals surface area contributed by atoms with Crippen LogP contribution in [0.3, 0.4) is 0 Å². The molecule has 0 bridgehead atoms. The van der Waals surface area contributed by atoms with Crippen LogP contribution in [-0.4, -0.2) is 22.9 Å². The van der Waals surface area contributed by atoms with Crippen molar-refractivity contribution in [1.82, 2.24) is 4.98 Å². The molecule has 6 aromatic carbocycles. The molecule has 0 aliphatic rings. The SMILES string of the molecule is Cc1cc(C)c(OC(=O)c2c[n+](CC(=O)c3ccccc3)ccn2)c(C)c1.FC(F)(F)c1cc([B-](c2cc(C(F)(F)F)cc(C(F)(F)F)c2)(c2cc(C(F)(F)F)cc(C(F)(F)F)c2)c2cc(C(F)(F)F)cc(C(F)(F)F)c2)cc(C(F)(F)F)c1. The summed E-state index contributed by atoms with van der Waals surface area (Å²) in [7, 11) is 0. The van der Waals surface area contributed by atoms with Crippen LogP contribution in [0.25, 0.3) is 0 Å². The summed E-state index contributed by atoms with van der Waals surface area (Å²) < 4.78 is 348. The molecule has 1 heterocycles. The summed E-state index contributed by atoms with van der Waals surface area (Å²) in [5, 5.41) is 0. The maximum absolute atomic E-state index is 14.2. The van der Waals surface area contributed by atoms with Crippen molar-refractivity contribution in [3.05, 3.63) is 206 Å². The quantitative estimate of drug-likeness (QED) is 0.0361. The first-order chi connectivity index (χ1) is 38.2. The zero-order valence-corrected chi connectivity index (χ0v) is 42.2. The third-order valence-electron chi connectivity index (χ3n) is 12.6. The van der Waals surface area contributed by atoms with Crippen LogP contribution in [0.4, 0.5) is 105 Å². The smallest absolute Gasteiger partial charge is 0.416 e. The minimum atomic E-state index is -6.13. The van der Waals surface area contributed by atoms with Gasteiger partial charge in [-0.3, -0.25) is 4.79 Å². The number of ether oxygens (including phenoxy) is 1. The molecule has 0 spiro atoms. The van der Waals surface area contributed by atoms with E-state index >= 15 is 0 Å². The standard InChI is InChI=1S/C32H12BF24.C22H21N2O3/c34-25(35,36)13-1-14(26(37,38)39)6-21(5-13)33(22-7-15(27(40,41)42)2-16(8-22)28(43,44)45,23-9-17(29(46,47)48)3-18(10-23)30(49,50)51)24-11-19(31(52,53)54)4-20(12-24)32(55,56)57;1-15-11-16(2)21(17(3)12-15)27-22(26)19-13-24(10-9-23-19)14-20(25)18-7-5-4-6-8-18/h1-12H;4-13H,14H2,1-3H3/q-1;+1. The lowest BCUT2D eigenvalue weighted by molar-refractivity contribution is -0.683. The lowest BCUT2D eigenvalue weighted by Crippen LogP contribution is -2.75. The summed E-state index contributed by atoms with van der Waals surface area (Å²) in [5.41, 5.74) is -26.5. The second-order valence-corrected chi connectivity index (χ2v) is 18.7. The van der Waals surface area contributed by atoms with E-state index < -0.39 is 201 Å². The topological polar surface area (TPSA) is 60.1 Å². The highest BCUT2D eigenvalue weighted by atomic mass is 19.4. The fourth-order valence-electron chi connectivity index (χ4n) is 9.06. The summed E-state index contributed by atoms with van der Waals surface area (Å²) in [5.74, 6) is -0.0499. The second-order valence-electron chi connectivity index (χ2n) is 18.7. The van der Waals surface area contributed by atoms with E-state index in [0.29, 0.717) is 11.3 Å². The Labute approximate surface area is 457 Å². The van der Waals surface area contributed by atoms with Gasteiger partial charge in [0.2, 0.25) is 24.2 Å². The fraction of sp³-hybridized carbons (Fsp3) is 0.222. The van der Waals surface area contributed by atoms with Gasteiger partial charge in [-0.05, 0) is 56.2 Å². The van der Waals surface area contributed by atoms with Gasteiger partial charge in [0.1, 0.15) is 11.9 Å². The lowest BCUT2D eigenvalue weighted by Gasteiger charge is -2.46. The zero-order valence-electron chi connectivity index (χ0n) is 42.2. The van der Waals surface area contributed by atoms with Crippen molar-refractivity contribution in [2.45, 2.75) is 76.7 Å². The van der Waals surface area contributed by atoms with Crippen molar-refractivity contribution < 1.29 is 124 Å². The summed E-state index contributed by atoms with van der Waals surface area (Å²) >= 11 is 0. The number of carbonyl (C=O) groups excluding carboxylic acids is 2. The molecule has 448 valence electrons. The molecule has 84 heavy (non-hydrogen) atoms. The highest BCUT2D eigenvalue weighted by molar-refractivity contribution is 7.20. The number of alkyl halides is 24. The van der Waals surface area contributed by atoms with Crippen molar-refractivity contribution in [3.8, 4) is 5.75 Å². The number of esters is 1. The van der Waals surface area contributed by atoms with Gasteiger partial charge < -0.3 is 4.74 Å². The number of nitrogens with zero attached hydrogens (tertiary/aromatic N) is 2. The first-order valence-electron chi connectivity index (χ1n) is 23.3. The third kappa shape index (κ3) is 15.0. The van der Waals surface area contributed by atoms with Crippen LogP contribution in [0.15, 0.2) is 134 Å². The summed E-state index contributed by atoms with van der Waals surface area (Å²) in [6.07, 6.45) is -50.1. The van der Waals surface area contributed by atoms with Gasteiger partial charge >= 0.3 is 55.4 Å². The molecule has 0 fully saturated rings. The predicted octanol–water partition coefficient (Wildman–Crippen LogP) is 14.6. The molecular weight excluding hydrogens is 1190 g/mol. The van der Waals surface area contributed by atoms with E-state index in [0.717, 1.165) is 16.7 Å². The predicted molar refractivity (Wildman–Crippen MR) is 251 cm³/mol. The number of Topliss-reactive ketones (excluding diaryl/α,β-unsaturated/α-hetero) is 1. The number of ketones is 1. The van der Waals surface area contributed by atoms with Crippen molar-refractivity contribution >= 4 is 39.7 Å². The van der Waals surface area contributed by atoms with E-state index in [-0.39, 0.29) is 18.0 Å². The van der Waals surface area contributed by atoms with Crippen LogP contribution >= 0.6 is 0 Å². The molecule has 0 N–H and O–H groups in total. The van der Waals surface area contributed by atoms with E-state index in [1.54, 1.807) is 22.9 Å². The van der Waals surface area contributed by atoms with Crippen LogP contribution < -0.4 is 31.2 Å². The molecule has 0 radical (unpaired) electrons. The largest absolute Gasteiger partial charge is 0.421 e. The minimum absolute atomic E-state index is 0.0451. The van der Waals surface area contributed by atoms with Crippen LogP contribution in [-0.2, 0) is 56.0 Å². The number of halogens is 24. The Morgan fingerprint density at radius 2 is 0.714 bits per heavy atom. The van der Waals surface area contributed by atoms with E-state index in [4.69, 9.17) is 4.74 Å². The van der Waals surface area contributed by atoms with Gasteiger partial charge in [0.05, 0.1) is 50.7 Å². The Hall–Kier alpha value is -8.08. The lowest BCUT2D eigenvalue weighted by atomic mass is 9.12. The average Bonchev–Trinajstić information content (AvgIpc) is 0.778. The molecule has 0 aliphatic heterocycles. The van der Waals surface area contributed by atoms with Crippen molar-refractivity contribution in [3.63, 3.8) is 0 Å². The fourth-order valence-corrected chi connectivity index (χ4v) is 9.06. The van der Waals surface area contributed by atoms with E-state index in [2.05, 4.69) is 4.98 Å². The number of hydrogen-bond donors (Lipinski definition) is 0. The number of benzene rings is 6. The van der Waals surface area contributed by atoms with E-state index in [1.807, 2.05) is 51.1 Å². The minimum Gasteiger partial charge on any atom is -0.421 e. The van der Waals surface area contributed by atoms with Gasteiger partial charge in [-0.25, -0.2) is 9.78 Å². The van der Waals surface area contributed by atoms with Gasteiger partial charge in [0.15, 0.2) is 6.20 Å². The van der Waals surface area contributed by atoms with E-state index in [9.17, 15) is 115 Å². The molecular formula is C54H33BF24N2O3. The number of rotatable bonds is 9. The summed E-state index contributed by atoms with van der Waals surface area (Å²) in [6.45, 7) is 5.92. The zero-order chi connectivity index (χ0) is 63.3. The van der Waals surface area contributed by atoms with Crippen molar-refractivity contribution in [2.75, 3.05) is 0 Å². The Morgan fingerprint density at radius 3 is 0.988 bits per heavy atom. The van der Waals surface area contributed by atoms with Gasteiger partial charge in [0, 0.05) is 5.56 Å². The molecule has 0 saturated carbocycles. The highest BCUT2D eigenvalue weighted by Crippen LogP contribution is 2.42. The molecule has 30 heteroatoms. The first kappa shape index (κ1) is 65.1. The van der Waals surface area contributed by atoms with Gasteiger partial charge in [-0.15, -0.1) is 0 Å². The number of aryl methyl sites for hydroxylation is 3. The third-order valence-corrected chi connectivity index (χ3v) is 12.6. The average molecular weight is 1220 g/mol. The number of aromatic nitrogens is 2. The van der Waals surface area contributed by atoms with Gasteiger partial charge in [-0.2, -0.15) is 132 Å². The van der Waals surface area contributed by atoms with Crippen LogP contribution in [0, 0.1) is 20.8 Å². The second kappa shape index (κ2) is 22.8. The molecule has 0 saturated heterocycles. The monoisotopic (exact) mass is 1220 g/mol. The van der Waals surface area contributed by atoms with Crippen LogP contribution in [0.5, 0.6) is 5.75 Å². The van der Waals surface area contributed by atoms with E-state index in [1.165, 1.54) is 12.4 Å². The summed E-state index contributed by atoms with van der Waals surface area (Å²) in [4.78, 5) is 29.0. The Kier molecular flexibility index (Phi) is 17.7. The molecule has 0 atom stereocenters.